The molecule has 1 rings (SSSR count). The average molecular weight is 336 g/mol. The maximum absolute atomic E-state index is 12.3. The molecule has 0 fully saturated rings. The van der Waals surface area contributed by atoms with Crippen LogP contribution in [0.1, 0.15) is 13.8 Å². The third-order valence-corrected chi connectivity index (χ3v) is 6.42. The highest BCUT2D eigenvalue weighted by atomic mass is 32.2. The Bertz CT molecular complexity index is 649. The lowest BCUT2D eigenvalue weighted by atomic mass is 10.4. The molecule has 0 bridgehead atoms. The van der Waals surface area contributed by atoms with Gasteiger partial charge in [0.25, 0.3) is 0 Å². The van der Waals surface area contributed by atoms with Gasteiger partial charge in [0.05, 0.1) is 16.4 Å². The van der Waals surface area contributed by atoms with Crippen molar-refractivity contribution in [2.24, 2.45) is 0 Å². The van der Waals surface area contributed by atoms with E-state index in [2.05, 4.69) is 4.72 Å². The lowest BCUT2D eigenvalue weighted by Crippen LogP contribution is -2.30. The van der Waals surface area contributed by atoms with Crippen molar-refractivity contribution >= 4 is 20.0 Å². The minimum atomic E-state index is -3.73. The highest BCUT2D eigenvalue weighted by Crippen LogP contribution is 2.18. The normalized spacial score (nSPS) is 12.8. The maximum atomic E-state index is 12.3. The minimum absolute atomic E-state index is 0.0468. The van der Waals surface area contributed by atoms with Crippen LogP contribution in [-0.4, -0.2) is 52.5 Å². The first-order valence-corrected chi connectivity index (χ1v) is 9.42. The van der Waals surface area contributed by atoms with E-state index in [1.54, 1.807) is 13.8 Å². The minimum Gasteiger partial charge on any atom is -0.395 e. The summed E-state index contributed by atoms with van der Waals surface area (Å²) in [5.41, 5.74) is 0. The highest BCUT2D eigenvalue weighted by molar-refractivity contribution is 7.89. The Labute approximate surface area is 125 Å². The smallest absolute Gasteiger partial charge is 0.243 e. The van der Waals surface area contributed by atoms with Crippen LogP contribution in [0.4, 0.5) is 0 Å². The molecule has 120 valence electrons. The molecule has 0 aliphatic rings. The summed E-state index contributed by atoms with van der Waals surface area (Å²) in [7, 11) is -7.34. The predicted octanol–water partition coefficient (Wildman–Crippen LogP) is -0.0123. The third kappa shape index (κ3) is 4.24. The van der Waals surface area contributed by atoms with Gasteiger partial charge >= 0.3 is 0 Å². The number of benzene rings is 1. The monoisotopic (exact) mass is 336 g/mol. The quantitative estimate of drug-likeness (QED) is 0.695. The van der Waals surface area contributed by atoms with Crippen LogP contribution < -0.4 is 4.72 Å². The molecule has 9 heteroatoms. The molecule has 0 unspecified atom stereocenters. The number of hydrogen-bond acceptors (Lipinski definition) is 5. The van der Waals surface area contributed by atoms with Crippen LogP contribution >= 0.6 is 0 Å². The molecule has 0 radical (unpaired) electrons. The lowest BCUT2D eigenvalue weighted by molar-refractivity contribution is 0.301. The topological polar surface area (TPSA) is 104 Å². The Kier molecular flexibility index (Phi) is 6.29. The molecule has 0 saturated carbocycles. The Morgan fingerprint density at radius 2 is 1.48 bits per heavy atom. The zero-order valence-electron chi connectivity index (χ0n) is 12.0. The van der Waals surface area contributed by atoms with Gasteiger partial charge < -0.3 is 5.11 Å². The van der Waals surface area contributed by atoms with E-state index in [-0.39, 0.29) is 22.9 Å². The SMILES string of the molecule is CCN(CC)S(=O)(=O)c1ccc(S(=O)(=O)NCCO)cc1. The van der Waals surface area contributed by atoms with Gasteiger partial charge in [-0.25, -0.2) is 21.6 Å². The van der Waals surface area contributed by atoms with Gasteiger partial charge in [0.1, 0.15) is 0 Å². The fraction of sp³-hybridized carbons (Fsp3) is 0.500. The Balaban J connectivity index is 3.08. The fourth-order valence-corrected chi connectivity index (χ4v) is 4.25. The van der Waals surface area contributed by atoms with E-state index in [0.29, 0.717) is 13.1 Å². The standard InChI is InChI=1S/C12H20N2O5S2/c1-3-14(4-2)21(18,19)12-7-5-11(6-8-12)20(16,17)13-9-10-15/h5-8,13,15H,3-4,9-10H2,1-2H3. The average Bonchev–Trinajstić information content (AvgIpc) is 2.46. The summed E-state index contributed by atoms with van der Waals surface area (Å²) in [4.78, 5) is 0.00163. The first-order chi connectivity index (χ1) is 9.79. The zero-order valence-corrected chi connectivity index (χ0v) is 13.6. The molecule has 0 heterocycles. The van der Waals surface area contributed by atoms with Crippen molar-refractivity contribution in [1.29, 1.82) is 0 Å². The molecule has 0 atom stereocenters. The molecule has 0 aliphatic heterocycles. The summed E-state index contributed by atoms with van der Waals surface area (Å²) in [5.74, 6) is 0. The molecule has 7 nitrogen and oxygen atoms in total. The van der Waals surface area contributed by atoms with Crippen LogP contribution in [0.5, 0.6) is 0 Å². The van der Waals surface area contributed by atoms with Gasteiger partial charge in [-0.05, 0) is 24.3 Å². The Morgan fingerprint density at radius 3 is 1.90 bits per heavy atom. The van der Waals surface area contributed by atoms with Gasteiger partial charge in [0, 0.05) is 19.6 Å². The van der Waals surface area contributed by atoms with Crippen LogP contribution in [0.25, 0.3) is 0 Å². The largest absolute Gasteiger partial charge is 0.395 e. The maximum Gasteiger partial charge on any atom is 0.243 e. The van der Waals surface area contributed by atoms with Crippen LogP contribution in [-0.2, 0) is 20.0 Å². The highest BCUT2D eigenvalue weighted by Gasteiger charge is 2.22. The van der Waals surface area contributed by atoms with E-state index in [9.17, 15) is 16.8 Å². The summed E-state index contributed by atoms with van der Waals surface area (Å²) in [6.45, 7) is 3.75. The molecule has 0 aliphatic carbocycles. The molecule has 0 aromatic heterocycles. The van der Waals surface area contributed by atoms with E-state index in [4.69, 9.17) is 5.11 Å². The molecule has 2 N–H and O–H groups in total. The van der Waals surface area contributed by atoms with Crippen LogP contribution in [0.2, 0.25) is 0 Å². The molecule has 0 spiro atoms. The van der Waals surface area contributed by atoms with Crippen molar-refractivity contribution in [1.82, 2.24) is 9.03 Å². The molecule has 21 heavy (non-hydrogen) atoms. The zero-order chi connectivity index (χ0) is 16.1. The number of aliphatic hydroxyl groups excluding tert-OH is 1. The summed E-state index contributed by atoms with van der Waals surface area (Å²) in [5, 5.41) is 8.63. The second-order valence-corrected chi connectivity index (χ2v) is 7.89. The van der Waals surface area contributed by atoms with Gasteiger partial charge in [-0.1, -0.05) is 13.8 Å². The van der Waals surface area contributed by atoms with Crippen molar-refractivity contribution < 1.29 is 21.9 Å². The summed E-state index contributed by atoms with van der Waals surface area (Å²) in [6, 6.07) is 4.99. The second-order valence-electron chi connectivity index (χ2n) is 4.18. The second kappa shape index (κ2) is 7.32. The summed E-state index contributed by atoms with van der Waals surface area (Å²) in [6.07, 6.45) is 0. The molecule has 0 amide bonds. The van der Waals surface area contributed by atoms with Gasteiger partial charge in [0.15, 0.2) is 0 Å². The fourth-order valence-electron chi connectivity index (χ4n) is 1.77. The van der Waals surface area contributed by atoms with Crippen molar-refractivity contribution in [3.63, 3.8) is 0 Å². The molecule has 1 aromatic rings. The van der Waals surface area contributed by atoms with E-state index >= 15 is 0 Å². The third-order valence-electron chi connectivity index (χ3n) is 2.88. The lowest BCUT2D eigenvalue weighted by Gasteiger charge is -2.18. The number of sulfonamides is 2. The number of hydrogen-bond donors (Lipinski definition) is 2. The van der Waals surface area contributed by atoms with Crippen LogP contribution in [0.15, 0.2) is 34.1 Å². The van der Waals surface area contributed by atoms with Crippen molar-refractivity contribution in [2.45, 2.75) is 23.6 Å². The number of nitrogens with one attached hydrogen (secondary N) is 1. The van der Waals surface area contributed by atoms with Crippen LogP contribution in [0, 0.1) is 0 Å². The van der Waals surface area contributed by atoms with Crippen molar-refractivity contribution in [3.8, 4) is 0 Å². The number of rotatable bonds is 8. The van der Waals surface area contributed by atoms with E-state index in [0.717, 1.165) is 0 Å². The molecule has 1 aromatic carbocycles. The molecule has 0 saturated heterocycles. The Morgan fingerprint density at radius 1 is 1.00 bits per heavy atom. The summed E-state index contributed by atoms with van der Waals surface area (Å²) < 4.78 is 51.6. The van der Waals surface area contributed by atoms with E-state index < -0.39 is 20.0 Å². The molecular formula is C12H20N2O5S2. The first-order valence-electron chi connectivity index (χ1n) is 6.50. The van der Waals surface area contributed by atoms with E-state index in [1.807, 2.05) is 0 Å². The molecular weight excluding hydrogens is 316 g/mol. The first kappa shape index (κ1) is 18.1. The van der Waals surface area contributed by atoms with Gasteiger partial charge in [0.2, 0.25) is 20.0 Å². The van der Waals surface area contributed by atoms with Crippen molar-refractivity contribution in [3.05, 3.63) is 24.3 Å². The van der Waals surface area contributed by atoms with Crippen LogP contribution in [0.3, 0.4) is 0 Å². The van der Waals surface area contributed by atoms with Gasteiger partial charge in [-0.2, -0.15) is 4.31 Å². The predicted molar refractivity (Wildman–Crippen MR) is 78.8 cm³/mol. The number of nitrogens with zero attached hydrogens (tertiary/aromatic N) is 1. The van der Waals surface area contributed by atoms with Crippen molar-refractivity contribution in [2.75, 3.05) is 26.2 Å². The van der Waals surface area contributed by atoms with Gasteiger partial charge in [-0.15, -0.1) is 0 Å². The number of aliphatic hydroxyl groups is 1. The summed E-state index contributed by atoms with van der Waals surface area (Å²) >= 11 is 0. The van der Waals surface area contributed by atoms with E-state index in [1.165, 1.54) is 28.6 Å². The van der Waals surface area contributed by atoms with Gasteiger partial charge in [-0.3, -0.25) is 0 Å². The Hall–Kier alpha value is -1.00.